The van der Waals surface area contributed by atoms with Gasteiger partial charge in [0.15, 0.2) is 13.2 Å². The second-order valence-corrected chi connectivity index (χ2v) is 5.81. The first-order chi connectivity index (χ1) is 13.4. The van der Waals surface area contributed by atoms with Gasteiger partial charge in [0, 0.05) is 5.56 Å². The molecule has 1 heterocycles. The van der Waals surface area contributed by atoms with Crippen molar-refractivity contribution < 1.29 is 40.6 Å². The normalized spacial score (nSPS) is 12.9. The average molecular weight is 423 g/mol. The van der Waals surface area contributed by atoms with E-state index in [1.165, 1.54) is 24.3 Å². The van der Waals surface area contributed by atoms with Gasteiger partial charge in [-0.3, -0.25) is 9.78 Å². The predicted molar refractivity (Wildman–Crippen MR) is 87.5 cm³/mol. The fraction of sp³-hybridized carbons (Fsp3) is 0.353. The maximum absolute atomic E-state index is 12.2. The lowest BCUT2D eigenvalue weighted by Crippen LogP contribution is -2.27. The summed E-state index contributed by atoms with van der Waals surface area (Å²) in [6, 6.07) is 4.37. The van der Waals surface area contributed by atoms with Crippen molar-refractivity contribution in [2.75, 3.05) is 13.2 Å². The molecule has 0 saturated carbocycles. The Balaban J connectivity index is 1.91. The number of carbonyl (C=O) groups is 1. The van der Waals surface area contributed by atoms with Crippen LogP contribution in [0.15, 0.2) is 36.7 Å². The summed E-state index contributed by atoms with van der Waals surface area (Å²) in [5.74, 6) is -0.912. The number of nitrogens with zero attached hydrogens (tertiary/aromatic N) is 2. The maximum atomic E-state index is 12.2. The topological polar surface area (TPSA) is 73.3 Å². The third-order valence-corrected chi connectivity index (χ3v) is 3.34. The number of alkyl halides is 6. The summed E-state index contributed by atoms with van der Waals surface area (Å²) < 4.78 is 81.6. The number of hydrogen-bond acceptors (Lipinski definition) is 5. The zero-order chi connectivity index (χ0) is 21.7. The fourth-order valence-electron chi connectivity index (χ4n) is 2.00. The molecule has 0 aliphatic carbocycles. The smallest absolute Gasteiger partial charge is 0.422 e. The van der Waals surface area contributed by atoms with Crippen LogP contribution in [0.1, 0.15) is 29.0 Å². The molecule has 1 N–H and O–H groups in total. The molecule has 1 amide bonds. The Kier molecular flexibility index (Phi) is 6.88. The van der Waals surface area contributed by atoms with Crippen LogP contribution in [-0.2, 0) is 0 Å². The molecule has 0 bridgehead atoms. The minimum atomic E-state index is -4.51. The Bertz CT molecular complexity index is 807. The van der Waals surface area contributed by atoms with Crippen molar-refractivity contribution in [3.63, 3.8) is 0 Å². The summed E-state index contributed by atoms with van der Waals surface area (Å²) in [4.78, 5) is 19.8. The molecule has 29 heavy (non-hydrogen) atoms. The Labute approximate surface area is 160 Å². The quantitative estimate of drug-likeness (QED) is 0.685. The minimum absolute atomic E-state index is 0.0489. The number of rotatable bonds is 7. The van der Waals surface area contributed by atoms with E-state index in [1.807, 2.05) is 0 Å². The molecule has 0 aliphatic rings. The van der Waals surface area contributed by atoms with E-state index in [-0.39, 0.29) is 22.9 Å². The number of hydrogen-bond donors (Lipinski definition) is 1. The van der Waals surface area contributed by atoms with Crippen LogP contribution in [0.4, 0.5) is 26.3 Å². The highest BCUT2D eigenvalue weighted by molar-refractivity contribution is 5.94. The molecule has 0 saturated heterocycles. The zero-order valence-corrected chi connectivity index (χ0v) is 14.8. The summed E-state index contributed by atoms with van der Waals surface area (Å²) in [6.45, 7) is -1.38. The molecule has 1 unspecified atom stereocenters. The van der Waals surface area contributed by atoms with Crippen LogP contribution in [0.2, 0.25) is 0 Å². The van der Waals surface area contributed by atoms with Crippen molar-refractivity contribution in [3.8, 4) is 11.6 Å². The first-order valence-electron chi connectivity index (χ1n) is 8.05. The van der Waals surface area contributed by atoms with Gasteiger partial charge in [-0.25, -0.2) is 4.98 Å². The van der Waals surface area contributed by atoms with E-state index in [0.717, 1.165) is 12.4 Å². The van der Waals surface area contributed by atoms with Gasteiger partial charge in [-0.05, 0) is 31.2 Å². The summed E-state index contributed by atoms with van der Waals surface area (Å²) >= 11 is 0. The molecule has 2 aromatic rings. The third kappa shape index (κ3) is 7.84. The van der Waals surface area contributed by atoms with Crippen LogP contribution >= 0.6 is 0 Å². The van der Waals surface area contributed by atoms with E-state index in [9.17, 15) is 31.1 Å². The van der Waals surface area contributed by atoms with Gasteiger partial charge < -0.3 is 14.8 Å². The Morgan fingerprint density at radius 2 is 1.55 bits per heavy atom. The second kappa shape index (κ2) is 8.97. The average Bonchev–Trinajstić information content (AvgIpc) is 2.64. The van der Waals surface area contributed by atoms with E-state index in [2.05, 4.69) is 24.8 Å². The van der Waals surface area contributed by atoms with Gasteiger partial charge in [0.2, 0.25) is 5.88 Å². The molecule has 0 aliphatic heterocycles. The monoisotopic (exact) mass is 423 g/mol. The van der Waals surface area contributed by atoms with Crippen molar-refractivity contribution in [2.24, 2.45) is 0 Å². The lowest BCUT2D eigenvalue weighted by Gasteiger charge is -2.14. The number of amides is 1. The number of carbonyl (C=O) groups excluding carboxylic acids is 1. The molecule has 6 nitrogen and oxygen atoms in total. The van der Waals surface area contributed by atoms with E-state index < -0.39 is 37.5 Å². The molecule has 158 valence electrons. The van der Waals surface area contributed by atoms with E-state index in [4.69, 9.17) is 0 Å². The predicted octanol–water partition coefficient (Wildman–Crippen LogP) is 3.85. The molecule has 1 atom stereocenters. The summed E-state index contributed by atoms with van der Waals surface area (Å²) in [5.41, 5.74) is 0.428. The Morgan fingerprint density at radius 1 is 0.966 bits per heavy atom. The fourth-order valence-corrected chi connectivity index (χ4v) is 2.00. The standard InChI is InChI=1S/C17H15F6N3O3/c1-10(13-6-25-14(7-24-13)29-9-17(21,22)23)26-15(27)11-2-4-12(5-3-11)28-8-16(18,19)20/h2-7,10H,8-9H2,1H3,(H,26,27). The van der Waals surface area contributed by atoms with Crippen molar-refractivity contribution in [1.82, 2.24) is 15.3 Å². The van der Waals surface area contributed by atoms with E-state index in [0.29, 0.717) is 0 Å². The lowest BCUT2D eigenvalue weighted by molar-refractivity contribution is -0.154. The number of benzene rings is 1. The van der Waals surface area contributed by atoms with Gasteiger partial charge in [-0.15, -0.1) is 0 Å². The van der Waals surface area contributed by atoms with Gasteiger partial charge >= 0.3 is 12.4 Å². The van der Waals surface area contributed by atoms with Gasteiger partial charge in [0.25, 0.3) is 5.91 Å². The number of halogens is 6. The highest BCUT2D eigenvalue weighted by Gasteiger charge is 2.29. The molecule has 0 spiro atoms. The third-order valence-electron chi connectivity index (χ3n) is 3.34. The largest absolute Gasteiger partial charge is 0.484 e. The SMILES string of the molecule is CC(NC(=O)c1ccc(OCC(F)(F)F)cc1)c1cnc(OCC(F)(F)F)cn1. The van der Waals surface area contributed by atoms with Crippen LogP contribution in [0.5, 0.6) is 11.6 Å². The molecule has 0 fully saturated rings. The van der Waals surface area contributed by atoms with Crippen LogP contribution in [0.25, 0.3) is 0 Å². The first-order valence-corrected chi connectivity index (χ1v) is 8.05. The summed E-state index contributed by atoms with van der Waals surface area (Å²) in [5, 5.41) is 2.58. The van der Waals surface area contributed by atoms with E-state index in [1.54, 1.807) is 6.92 Å². The van der Waals surface area contributed by atoms with Crippen molar-refractivity contribution in [3.05, 3.63) is 47.9 Å². The first kappa shape index (κ1) is 22.2. The molecule has 12 heteroatoms. The molecule has 1 aromatic carbocycles. The van der Waals surface area contributed by atoms with Crippen LogP contribution in [0, 0.1) is 0 Å². The van der Waals surface area contributed by atoms with Gasteiger partial charge in [-0.1, -0.05) is 0 Å². The Morgan fingerprint density at radius 3 is 2.07 bits per heavy atom. The van der Waals surface area contributed by atoms with Crippen molar-refractivity contribution in [2.45, 2.75) is 25.3 Å². The molecular weight excluding hydrogens is 408 g/mol. The zero-order valence-electron chi connectivity index (χ0n) is 14.8. The molecule has 0 radical (unpaired) electrons. The molecule has 1 aromatic heterocycles. The van der Waals surface area contributed by atoms with E-state index >= 15 is 0 Å². The number of nitrogens with one attached hydrogen (secondary N) is 1. The van der Waals surface area contributed by atoms with Crippen LogP contribution < -0.4 is 14.8 Å². The van der Waals surface area contributed by atoms with Crippen molar-refractivity contribution >= 4 is 5.91 Å². The number of aromatic nitrogens is 2. The molecule has 2 rings (SSSR count). The van der Waals surface area contributed by atoms with Gasteiger partial charge in [0.1, 0.15) is 5.75 Å². The highest BCUT2D eigenvalue weighted by atomic mass is 19.4. The summed E-state index contributed by atoms with van der Waals surface area (Å²) in [6.07, 6.45) is -6.82. The lowest BCUT2D eigenvalue weighted by atomic mass is 10.1. The number of ether oxygens (including phenoxy) is 2. The van der Waals surface area contributed by atoms with Gasteiger partial charge in [-0.2, -0.15) is 26.3 Å². The van der Waals surface area contributed by atoms with Crippen LogP contribution in [0.3, 0.4) is 0 Å². The Hall–Kier alpha value is -3.05. The molecular formula is C17H15F6N3O3. The minimum Gasteiger partial charge on any atom is -0.484 e. The van der Waals surface area contributed by atoms with Crippen molar-refractivity contribution in [1.29, 1.82) is 0 Å². The summed E-state index contributed by atoms with van der Waals surface area (Å²) in [7, 11) is 0. The maximum Gasteiger partial charge on any atom is 0.422 e. The van der Waals surface area contributed by atoms with Crippen LogP contribution in [-0.4, -0.2) is 41.4 Å². The second-order valence-electron chi connectivity index (χ2n) is 5.81. The highest BCUT2D eigenvalue weighted by Crippen LogP contribution is 2.20. The van der Waals surface area contributed by atoms with Gasteiger partial charge in [0.05, 0.1) is 24.1 Å².